The number of rotatable bonds is 1. The van der Waals surface area contributed by atoms with Gasteiger partial charge in [0.2, 0.25) is 0 Å². The van der Waals surface area contributed by atoms with E-state index in [0.717, 1.165) is 24.0 Å². The van der Waals surface area contributed by atoms with Gasteiger partial charge >= 0.3 is 0 Å². The molecule has 1 aromatic heterocycles. The van der Waals surface area contributed by atoms with Crippen molar-refractivity contribution in [3.8, 4) is 6.07 Å². The van der Waals surface area contributed by atoms with Crippen LogP contribution < -0.4 is 0 Å². The molecule has 2 heteroatoms. The molecule has 0 saturated carbocycles. The van der Waals surface area contributed by atoms with Crippen LogP contribution in [0.15, 0.2) is 30.0 Å². The van der Waals surface area contributed by atoms with E-state index in [1.54, 1.807) is 6.20 Å². The molecule has 1 heterocycles. The Morgan fingerprint density at radius 2 is 2.19 bits per heavy atom. The molecule has 0 aliphatic heterocycles. The minimum absolute atomic E-state index is 0.486. The number of allylic oxidation sites excluding steroid dienone is 4. The van der Waals surface area contributed by atoms with Crippen molar-refractivity contribution in [1.29, 1.82) is 5.26 Å². The molecule has 2 nitrogen and oxygen atoms in total. The first kappa shape index (κ1) is 10.6. The molecular formula is C14H14N2. The van der Waals surface area contributed by atoms with E-state index < -0.39 is 0 Å². The van der Waals surface area contributed by atoms with Gasteiger partial charge in [-0.3, -0.25) is 0 Å². The number of pyridine rings is 1. The molecule has 0 radical (unpaired) electrons. The maximum absolute atomic E-state index is 8.87. The average Bonchev–Trinajstić information content (AvgIpc) is 2.31. The lowest BCUT2D eigenvalue weighted by atomic mass is 9.91. The Morgan fingerprint density at radius 1 is 1.38 bits per heavy atom. The molecule has 1 aliphatic carbocycles. The molecule has 0 saturated heterocycles. The monoisotopic (exact) mass is 210 g/mol. The second-order valence-corrected chi connectivity index (χ2v) is 4.13. The molecule has 0 amide bonds. The first-order chi connectivity index (χ1) is 7.72. The molecule has 0 aromatic carbocycles. The molecule has 0 fully saturated rings. The highest BCUT2D eigenvalue weighted by molar-refractivity contribution is 5.79. The number of nitrogens with zero attached hydrogens (tertiary/aromatic N) is 2. The van der Waals surface area contributed by atoms with Crippen molar-refractivity contribution in [3.63, 3.8) is 0 Å². The van der Waals surface area contributed by atoms with Gasteiger partial charge < -0.3 is 0 Å². The van der Waals surface area contributed by atoms with Crippen LogP contribution in [0.5, 0.6) is 0 Å². The maximum Gasteiger partial charge on any atom is 0.141 e. The first-order valence-electron chi connectivity index (χ1n) is 5.46. The molecule has 0 N–H and O–H groups in total. The molecule has 80 valence electrons. The zero-order valence-corrected chi connectivity index (χ0v) is 9.62. The fraction of sp³-hybridized carbons (Fsp3) is 0.286. The molecule has 0 bridgehead atoms. The van der Waals surface area contributed by atoms with Crippen LogP contribution in [0.1, 0.15) is 36.6 Å². The largest absolute Gasteiger partial charge is 0.245 e. The lowest BCUT2D eigenvalue weighted by Crippen LogP contribution is -1.96. The third kappa shape index (κ3) is 1.90. The van der Waals surface area contributed by atoms with Gasteiger partial charge in [0.15, 0.2) is 0 Å². The van der Waals surface area contributed by atoms with Crippen LogP contribution in [0.3, 0.4) is 0 Å². The highest BCUT2D eigenvalue weighted by atomic mass is 14.7. The Balaban J connectivity index is 2.56. The Labute approximate surface area is 95.9 Å². The van der Waals surface area contributed by atoms with Crippen molar-refractivity contribution in [2.24, 2.45) is 0 Å². The summed E-state index contributed by atoms with van der Waals surface area (Å²) in [5, 5.41) is 8.87. The Kier molecular flexibility index (Phi) is 2.87. The molecule has 0 atom stereocenters. The summed E-state index contributed by atoms with van der Waals surface area (Å²) in [6.07, 6.45) is 8.34. The number of hydrogen-bond donors (Lipinski definition) is 0. The SMILES string of the molecule is CC1=C(c2cc(C#N)ncc2C)C=CCC1. The van der Waals surface area contributed by atoms with Gasteiger partial charge in [0.1, 0.15) is 11.8 Å². The fourth-order valence-electron chi connectivity index (χ4n) is 1.97. The number of hydrogen-bond acceptors (Lipinski definition) is 2. The Morgan fingerprint density at radius 3 is 2.88 bits per heavy atom. The van der Waals surface area contributed by atoms with E-state index >= 15 is 0 Å². The van der Waals surface area contributed by atoms with E-state index in [9.17, 15) is 0 Å². The number of aryl methyl sites for hydroxylation is 1. The minimum atomic E-state index is 0.486. The van der Waals surface area contributed by atoms with E-state index in [0.29, 0.717) is 5.69 Å². The molecule has 1 aliphatic rings. The predicted molar refractivity (Wildman–Crippen MR) is 64.7 cm³/mol. The second kappa shape index (κ2) is 4.32. The van der Waals surface area contributed by atoms with E-state index in [4.69, 9.17) is 5.26 Å². The van der Waals surface area contributed by atoms with Gasteiger partial charge in [-0.1, -0.05) is 17.7 Å². The lowest BCUT2D eigenvalue weighted by molar-refractivity contribution is 0.966. The van der Waals surface area contributed by atoms with Crippen LogP contribution in [0.4, 0.5) is 0 Å². The summed E-state index contributed by atoms with van der Waals surface area (Å²) in [7, 11) is 0. The minimum Gasteiger partial charge on any atom is -0.245 e. The van der Waals surface area contributed by atoms with Gasteiger partial charge in [-0.15, -0.1) is 0 Å². The first-order valence-corrected chi connectivity index (χ1v) is 5.46. The Hall–Kier alpha value is -1.88. The summed E-state index contributed by atoms with van der Waals surface area (Å²) in [6.45, 7) is 4.19. The third-order valence-corrected chi connectivity index (χ3v) is 2.94. The zero-order chi connectivity index (χ0) is 11.5. The van der Waals surface area contributed by atoms with Gasteiger partial charge in [0, 0.05) is 6.20 Å². The number of nitriles is 1. The standard InChI is InChI=1S/C14H14N2/c1-10-5-3-4-6-13(10)14-7-12(8-15)16-9-11(14)2/h4,6-7,9H,3,5H2,1-2H3. The van der Waals surface area contributed by atoms with Crippen LogP contribution in [-0.4, -0.2) is 4.98 Å². The smallest absolute Gasteiger partial charge is 0.141 e. The molecule has 16 heavy (non-hydrogen) atoms. The van der Waals surface area contributed by atoms with Gasteiger partial charge in [-0.2, -0.15) is 5.26 Å². The van der Waals surface area contributed by atoms with E-state index in [2.05, 4.69) is 30.1 Å². The predicted octanol–water partition coefficient (Wildman–Crippen LogP) is 3.39. The van der Waals surface area contributed by atoms with Crippen LogP contribution in [-0.2, 0) is 0 Å². The normalized spacial score (nSPS) is 15.1. The fourth-order valence-corrected chi connectivity index (χ4v) is 1.97. The highest BCUT2D eigenvalue weighted by Gasteiger charge is 2.10. The highest BCUT2D eigenvalue weighted by Crippen LogP contribution is 2.29. The van der Waals surface area contributed by atoms with Crippen molar-refractivity contribution in [3.05, 3.63) is 46.8 Å². The molecule has 0 unspecified atom stereocenters. The van der Waals surface area contributed by atoms with Crippen molar-refractivity contribution in [2.75, 3.05) is 0 Å². The maximum atomic E-state index is 8.87. The zero-order valence-electron chi connectivity index (χ0n) is 9.62. The van der Waals surface area contributed by atoms with Crippen molar-refractivity contribution in [1.82, 2.24) is 4.98 Å². The molecular weight excluding hydrogens is 196 g/mol. The van der Waals surface area contributed by atoms with Crippen molar-refractivity contribution >= 4 is 5.57 Å². The number of aromatic nitrogens is 1. The van der Waals surface area contributed by atoms with Crippen molar-refractivity contribution < 1.29 is 0 Å². The van der Waals surface area contributed by atoms with Gasteiger partial charge in [0.05, 0.1) is 0 Å². The summed E-state index contributed by atoms with van der Waals surface area (Å²) in [5.74, 6) is 0. The van der Waals surface area contributed by atoms with Crippen LogP contribution in [0.25, 0.3) is 5.57 Å². The van der Waals surface area contributed by atoms with E-state index in [1.807, 2.05) is 13.0 Å². The topological polar surface area (TPSA) is 36.7 Å². The van der Waals surface area contributed by atoms with Crippen molar-refractivity contribution in [2.45, 2.75) is 26.7 Å². The molecule has 2 rings (SSSR count). The van der Waals surface area contributed by atoms with E-state index in [-0.39, 0.29) is 0 Å². The summed E-state index contributed by atoms with van der Waals surface area (Å²) in [6, 6.07) is 3.97. The Bertz CT molecular complexity index is 516. The van der Waals surface area contributed by atoms with Gasteiger partial charge in [-0.25, -0.2) is 4.98 Å². The lowest BCUT2D eigenvalue weighted by Gasteiger charge is -2.14. The van der Waals surface area contributed by atoms with E-state index in [1.165, 1.54) is 11.1 Å². The molecule has 0 spiro atoms. The summed E-state index contributed by atoms with van der Waals surface area (Å²) >= 11 is 0. The second-order valence-electron chi connectivity index (χ2n) is 4.13. The van der Waals surface area contributed by atoms with Crippen LogP contribution in [0, 0.1) is 18.3 Å². The summed E-state index contributed by atoms with van der Waals surface area (Å²) in [5.41, 5.74) is 5.39. The summed E-state index contributed by atoms with van der Waals surface area (Å²) in [4.78, 5) is 4.07. The third-order valence-electron chi connectivity index (χ3n) is 2.94. The quantitative estimate of drug-likeness (QED) is 0.712. The van der Waals surface area contributed by atoms with Gasteiger partial charge in [0.25, 0.3) is 0 Å². The summed E-state index contributed by atoms with van der Waals surface area (Å²) < 4.78 is 0. The molecule has 1 aromatic rings. The van der Waals surface area contributed by atoms with Crippen LogP contribution in [0.2, 0.25) is 0 Å². The van der Waals surface area contributed by atoms with Crippen LogP contribution >= 0.6 is 0 Å². The van der Waals surface area contributed by atoms with Gasteiger partial charge in [-0.05, 0) is 49.5 Å². The average molecular weight is 210 g/mol.